The molecular formula is C22H19NO6. The van der Waals surface area contributed by atoms with Crippen molar-refractivity contribution in [3.63, 3.8) is 0 Å². The van der Waals surface area contributed by atoms with Gasteiger partial charge in [0.25, 0.3) is 0 Å². The first-order valence-corrected chi connectivity index (χ1v) is 8.97. The van der Waals surface area contributed by atoms with Crippen molar-refractivity contribution in [3.8, 4) is 0 Å². The summed E-state index contributed by atoms with van der Waals surface area (Å²) in [4.78, 5) is 40.8. The van der Waals surface area contributed by atoms with Crippen molar-refractivity contribution in [3.05, 3.63) is 76.9 Å². The lowest BCUT2D eigenvalue weighted by Gasteiger charge is -2.36. The van der Waals surface area contributed by atoms with Gasteiger partial charge in [-0.2, -0.15) is 0 Å². The Hall–Kier alpha value is -3.61. The normalized spacial score (nSPS) is 21.6. The second-order valence-corrected chi connectivity index (χ2v) is 6.67. The van der Waals surface area contributed by atoms with Gasteiger partial charge in [-0.3, -0.25) is 0 Å². The molecule has 29 heavy (non-hydrogen) atoms. The largest absolute Gasteiger partial charge is 0.467 e. The van der Waals surface area contributed by atoms with Crippen molar-refractivity contribution < 1.29 is 28.6 Å². The molecule has 0 amide bonds. The summed E-state index contributed by atoms with van der Waals surface area (Å²) in [6.07, 6.45) is 0. The van der Waals surface area contributed by atoms with E-state index in [1.54, 1.807) is 17.0 Å². The molecule has 0 spiro atoms. The van der Waals surface area contributed by atoms with Gasteiger partial charge in [-0.25, -0.2) is 14.4 Å². The van der Waals surface area contributed by atoms with Crippen LogP contribution < -0.4 is 4.90 Å². The highest BCUT2D eigenvalue weighted by Gasteiger charge is 2.68. The molecule has 0 N–H and O–H groups in total. The molecule has 2 aromatic carbocycles. The Morgan fingerprint density at radius 2 is 1.45 bits per heavy atom. The fourth-order valence-corrected chi connectivity index (χ4v) is 4.47. The van der Waals surface area contributed by atoms with Crippen LogP contribution in [0.25, 0.3) is 0 Å². The number of ether oxygens (including phenoxy) is 3. The molecule has 2 atom stereocenters. The number of benzene rings is 2. The summed E-state index contributed by atoms with van der Waals surface area (Å²) in [7, 11) is 3.70. The molecule has 2 bridgehead atoms. The summed E-state index contributed by atoms with van der Waals surface area (Å²) in [5, 5.41) is 0. The third-order valence-electron chi connectivity index (χ3n) is 5.48. The van der Waals surface area contributed by atoms with E-state index in [1.807, 2.05) is 42.5 Å². The van der Waals surface area contributed by atoms with Gasteiger partial charge in [-0.15, -0.1) is 0 Å². The molecule has 0 aromatic heterocycles. The Labute approximate surface area is 167 Å². The summed E-state index contributed by atoms with van der Waals surface area (Å²) in [6, 6.07) is 15.6. The Morgan fingerprint density at radius 1 is 0.828 bits per heavy atom. The minimum absolute atomic E-state index is 0.0762. The van der Waals surface area contributed by atoms with Crippen LogP contribution in [0, 0.1) is 0 Å². The van der Waals surface area contributed by atoms with Gasteiger partial charge in [0.1, 0.15) is 0 Å². The average molecular weight is 393 g/mol. The molecule has 148 valence electrons. The van der Waals surface area contributed by atoms with Gasteiger partial charge in [0.05, 0.1) is 38.5 Å². The summed E-state index contributed by atoms with van der Waals surface area (Å²) < 4.78 is 15.2. The minimum atomic E-state index is -1.66. The average Bonchev–Trinajstić information content (AvgIpc) is 3.26. The SMILES string of the molecule is COC(=O)C1=C(C(=O)OC)C2(C(=O)OC)c3ccccc3C1N2c1ccccc1. The number of methoxy groups -OCH3 is 3. The smallest absolute Gasteiger partial charge is 0.341 e. The molecule has 4 rings (SSSR count). The minimum Gasteiger partial charge on any atom is -0.467 e. The van der Waals surface area contributed by atoms with Crippen LogP contribution in [-0.2, 0) is 34.1 Å². The van der Waals surface area contributed by atoms with Crippen LogP contribution in [-0.4, -0.2) is 39.2 Å². The lowest BCUT2D eigenvalue weighted by Crippen LogP contribution is -2.49. The fourth-order valence-electron chi connectivity index (χ4n) is 4.47. The maximum Gasteiger partial charge on any atom is 0.341 e. The number of anilines is 1. The summed E-state index contributed by atoms with van der Waals surface area (Å²) in [6.45, 7) is 0. The Morgan fingerprint density at radius 3 is 2.07 bits per heavy atom. The summed E-state index contributed by atoms with van der Waals surface area (Å²) >= 11 is 0. The van der Waals surface area contributed by atoms with Crippen molar-refractivity contribution in [1.29, 1.82) is 0 Å². The number of fused-ring (bicyclic) bond motifs is 5. The van der Waals surface area contributed by atoms with Crippen molar-refractivity contribution in [2.75, 3.05) is 26.2 Å². The number of para-hydroxylation sites is 1. The van der Waals surface area contributed by atoms with Crippen LogP contribution >= 0.6 is 0 Å². The molecule has 0 radical (unpaired) electrons. The summed E-state index contributed by atoms with van der Waals surface area (Å²) in [5.41, 5.74) is 0.301. The molecule has 2 heterocycles. The molecule has 7 nitrogen and oxygen atoms in total. The highest BCUT2D eigenvalue weighted by atomic mass is 16.5. The number of rotatable bonds is 4. The number of hydrogen-bond acceptors (Lipinski definition) is 7. The topological polar surface area (TPSA) is 82.1 Å². The molecule has 0 saturated heterocycles. The standard InChI is InChI=1S/C22H19NO6/c1-27-19(24)16-17(20(25)28-2)22(21(26)29-3)15-12-8-7-11-14(15)18(16)23(22)13-9-5-4-6-10-13/h4-12,18H,1-3H3. The third-order valence-corrected chi connectivity index (χ3v) is 5.48. The van der Waals surface area contributed by atoms with Crippen molar-refractivity contribution in [1.82, 2.24) is 0 Å². The molecule has 0 saturated carbocycles. The van der Waals surface area contributed by atoms with E-state index >= 15 is 0 Å². The molecular weight excluding hydrogens is 374 g/mol. The predicted molar refractivity (Wildman–Crippen MR) is 103 cm³/mol. The molecule has 2 unspecified atom stereocenters. The van der Waals surface area contributed by atoms with E-state index in [9.17, 15) is 14.4 Å². The lowest BCUT2D eigenvalue weighted by molar-refractivity contribution is -0.149. The Kier molecular flexibility index (Phi) is 4.38. The third kappa shape index (κ3) is 2.27. The van der Waals surface area contributed by atoms with Crippen LogP contribution in [0.5, 0.6) is 0 Å². The van der Waals surface area contributed by atoms with Gasteiger partial charge in [-0.1, -0.05) is 42.5 Å². The molecule has 0 fully saturated rings. The lowest BCUT2D eigenvalue weighted by atomic mass is 9.76. The van der Waals surface area contributed by atoms with E-state index in [1.165, 1.54) is 21.3 Å². The van der Waals surface area contributed by atoms with Gasteiger partial charge in [0.15, 0.2) is 5.54 Å². The zero-order valence-electron chi connectivity index (χ0n) is 16.2. The van der Waals surface area contributed by atoms with Gasteiger partial charge in [0, 0.05) is 5.69 Å². The van der Waals surface area contributed by atoms with Crippen LogP contribution in [0.3, 0.4) is 0 Å². The maximum atomic E-state index is 13.4. The van der Waals surface area contributed by atoms with Crippen molar-refractivity contribution in [2.24, 2.45) is 0 Å². The Balaban J connectivity index is 2.14. The molecule has 0 aliphatic carbocycles. The first-order chi connectivity index (χ1) is 14.0. The molecule has 2 aliphatic rings. The number of carbonyl (C=O) groups excluding carboxylic acids is 3. The molecule has 2 aliphatic heterocycles. The molecule has 7 heteroatoms. The van der Waals surface area contributed by atoms with E-state index in [2.05, 4.69) is 0 Å². The van der Waals surface area contributed by atoms with Gasteiger partial charge in [-0.05, 0) is 23.3 Å². The van der Waals surface area contributed by atoms with E-state index in [4.69, 9.17) is 14.2 Å². The van der Waals surface area contributed by atoms with E-state index in [-0.39, 0.29) is 11.1 Å². The zero-order chi connectivity index (χ0) is 20.8. The quantitative estimate of drug-likeness (QED) is 0.582. The number of nitrogens with zero attached hydrogens (tertiary/aromatic N) is 1. The van der Waals surface area contributed by atoms with E-state index in [0.717, 1.165) is 5.56 Å². The van der Waals surface area contributed by atoms with Crippen LogP contribution in [0.1, 0.15) is 17.2 Å². The Bertz CT molecular complexity index is 1040. The van der Waals surface area contributed by atoms with Gasteiger partial charge >= 0.3 is 17.9 Å². The molecule has 2 aromatic rings. The first-order valence-electron chi connectivity index (χ1n) is 8.97. The van der Waals surface area contributed by atoms with Crippen molar-refractivity contribution in [2.45, 2.75) is 11.6 Å². The van der Waals surface area contributed by atoms with Crippen LogP contribution in [0.15, 0.2) is 65.7 Å². The number of hydrogen-bond donors (Lipinski definition) is 0. The summed E-state index contributed by atoms with van der Waals surface area (Å²) in [5.74, 6) is -2.17. The highest BCUT2D eigenvalue weighted by Crippen LogP contribution is 2.62. The van der Waals surface area contributed by atoms with Crippen LogP contribution in [0.4, 0.5) is 5.69 Å². The van der Waals surface area contributed by atoms with Crippen LogP contribution in [0.2, 0.25) is 0 Å². The number of esters is 3. The van der Waals surface area contributed by atoms with Gasteiger partial charge < -0.3 is 19.1 Å². The van der Waals surface area contributed by atoms with E-state index in [0.29, 0.717) is 11.3 Å². The van der Waals surface area contributed by atoms with E-state index < -0.39 is 29.5 Å². The maximum absolute atomic E-state index is 13.4. The highest BCUT2D eigenvalue weighted by molar-refractivity contribution is 6.15. The second kappa shape index (κ2) is 6.77. The first kappa shape index (κ1) is 18.7. The number of carbonyl (C=O) groups is 3. The predicted octanol–water partition coefficient (Wildman–Crippen LogP) is 2.27. The zero-order valence-corrected chi connectivity index (χ0v) is 16.2. The second-order valence-electron chi connectivity index (χ2n) is 6.67. The van der Waals surface area contributed by atoms with Gasteiger partial charge in [0.2, 0.25) is 0 Å². The van der Waals surface area contributed by atoms with Crippen molar-refractivity contribution >= 4 is 23.6 Å². The fraction of sp³-hybridized carbons (Fsp3) is 0.227. The monoisotopic (exact) mass is 393 g/mol.